The van der Waals surface area contributed by atoms with Gasteiger partial charge in [0, 0.05) is 10.7 Å². The lowest BCUT2D eigenvalue weighted by Gasteiger charge is -2.09. The van der Waals surface area contributed by atoms with Crippen LogP contribution in [0.1, 0.15) is 18.1 Å². The van der Waals surface area contributed by atoms with Crippen molar-refractivity contribution in [3.63, 3.8) is 0 Å². The Morgan fingerprint density at radius 1 is 1.03 bits per heavy atom. The van der Waals surface area contributed by atoms with Crippen molar-refractivity contribution in [1.29, 1.82) is 5.26 Å². The second kappa shape index (κ2) is 10.9. The molecule has 0 bridgehead atoms. The van der Waals surface area contributed by atoms with E-state index >= 15 is 0 Å². The Hall–Kier alpha value is -3.75. The minimum absolute atomic E-state index is 0.0471. The molecule has 0 heterocycles. The van der Waals surface area contributed by atoms with Crippen LogP contribution >= 0.6 is 11.6 Å². The number of benzene rings is 3. The van der Waals surface area contributed by atoms with Crippen molar-refractivity contribution in [3.8, 4) is 17.6 Å². The van der Waals surface area contributed by atoms with Gasteiger partial charge >= 0.3 is 0 Å². The molecule has 156 valence electrons. The molecule has 0 radical (unpaired) electrons. The van der Waals surface area contributed by atoms with Gasteiger partial charge in [-0.25, -0.2) is 0 Å². The molecule has 3 aromatic carbocycles. The second-order valence-corrected chi connectivity index (χ2v) is 7.01. The van der Waals surface area contributed by atoms with Gasteiger partial charge in [-0.2, -0.15) is 5.26 Å². The number of ether oxygens (including phenoxy) is 2. The van der Waals surface area contributed by atoms with Gasteiger partial charge in [0.25, 0.3) is 5.91 Å². The maximum absolute atomic E-state index is 12.5. The molecule has 0 aromatic heterocycles. The molecular formula is C25H21ClN2O3. The van der Waals surface area contributed by atoms with Crippen LogP contribution in [-0.4, -0.2) is 12.5 Å². The molecule has 0 unspecified atom stereocenters. The summed E-state index contributed by atoms with van der Waals surface area (Å²) in [7, 11) is 0. The molecular weight excluding hydrogens is 412 g/mol. The van der Waals surface area contributed by atoms with Gasteiger partial charge in [-0.05, 0) is 66.6 Å². The maximum atomic E-state index is 12.5. The Morgan fingerprint density at radius 3 is 2.45 bits per heavy atom. The molecule has 3 aromatic rings. The van der Waals surface area contributed by atoms with Crippen molar-refractivity contribution in [2.75, 3.05) is 11.9 Å². The summed E-state index contributed by atoms with van der Waals surface area (Å²) in [6, 6.07) is 23.8. The number of carbonyl (C=O) groups is 1. The number of nitrogens with zero attached hydrogens (tertiary/aromatic N) is 1. The number of halogens is 1. The number of nitrogens with one attached hydrogen (secondary N) is 1. The van der Waals surface area contributed by atoms with Gasteiger partial charge in [0.05, 0.1) is 6.61 Å². The van der Waals surface area contributed by atoms with Crippen LogP contribution in [0.25, 0.3) is 6.08 Å². The number of hydrogen-bond acceptors (Lipinski definition) is 4. The fourth-order valence-electron chi connectivity index (χ4n) is 2.81. The number of carbonyl (C=O) groups excluding carboxylic acids is 1. The fraction of sp³-hybridized carbons (Fsp3) is 0.120. The molecule has 0 fully saturated rings. The third-order valence-electron chi connectivity index (χ3n) is 4.24. The average molecular weight is 433 g/mol. The monoisotopic (exact) mass is 432 g/mol. The largest absolute Gasteiger partial charge is 0.494 e. The molecule has 0 spiro atoms. The molecule has 0 aliphatic carbocycles. The van der Waals surface area contributed by atoms with Crippen LogP contribution in [0.5, 0.6) is 11.5 Å². The lowest BCUT2D eigenvalue weighted by atomic mass is 10.1. The molecule has 0 aliphatic heterocycles. The Morgan fingerprint density at radius 2 is 1.77 bits per heavy atom. The van der Waals surface area contributed by atoms with E-state index < -0.39 is 5.91 Å². The number of anilines is 1. The van der Waals surface area contributed by atoms with E-state index in [0.717, 1.165) is 5.56 Å². The highest BCUT2D eigenvalue weighted by molar-refractivity contribution is 6.30. The van der Waals surface area contributed by atoms with Crippen molar-refractivity contribution < 1.29 is 14.3 Å². The zero-order valence-electron chi connectivity index (χ0n) is 17.0. The first kappa shape index (κ1) is 21.9. The molecule has 5 nitrogen and oxygen atoms in total. The summed E-state index contributed by atoms with van der Waals surface area (Å²) in [5.41, 5.74) is 2.18. The first-order chi connectivity index (χ1) is 15.1. The van der Waals surface area contributed by atoms with Gasteiger partial charge < -0.3 is 14.8 Å². The summed E-state index contributed by atoms with van der Waals surface area (Å²) in [6.45, 7) is 2.81. The number of nitriles is 1. The summed E-state index contributed by atoms with van der Waals surface area (Å²) in [6.07, 6.45) is 1.47. The lowest BCUT2D eigenvalue weighted by Crippen LogP contribution is -2.13. The lowest BCUT2D eigenvalue weighted by molar-refractivity contribution is -0.112. The molecule has 1 amide bonds. The summed E-state index contributed by atoms with van der Waals surface area (Å²) < 4.78 is 11.2. The molecule has 6 heteroatoms. The van der Waals surface area contributed by atoms with E-state index in [2.05, 4.69) is 5.32 Å². The summed E-state index contributed by atoms with van der Waals surface area (Å²) in [5.74, 6) is 0.740. The molecule has 3 rings (SSSR count). The van der Waals surface area contributed by atoms with Crippen molar-refractivity contribution in [3.05, 3.63) is 94.5 Å². The van der Waals surface area contributed by atoms with Gasteiger partial charge in [0.1, 0.15) is 29.7 Å². The molecule has 31 heavy (non-hydrogen) atoms. The van der Waals surface area contributed by atoms with E-state index in [1.807, 2.05) is 43.3 Å². The average Bonchev–Trinajstić information content (AvgIpc) is 2.77. The zero-order valence-corrected chi connectivity index (χ0v) is 17.7. The van der Waals surface area contributed by atoms with E-state index in [-0.39, 0.29) is 5.57 Å². The molecule has 0 saturated carbocycles. The highest BCUT2D eigenvalue weighted by Gasteiger charge is 2.11. The van der Waals surface area contributed by atoms with Gasteiger partial charge in [-0.3, -0.25) is 4.79 Å². The zero-order chi connectivity index (χ0) is 22.1. The van der Waals surface area contributed by atoms with Crippen molar-refractivity contribution >= 4 is 29.3 Å². The summed E-state index contributed by atoms with van der Waals surface area (Å²) >= 11 is 6.10. The predicted octanol–water partition coefficient (Wildman–Crippen LogP) is 5.86. The van der Waals surface area contributed by atoms with Crippen LogP contribution in [0, 0.1) is 11.3 Å². The summed E-state index contributed by atoms with van der Waals surface area (Å²) in [4.78, 5) is 12.5. The van der Waals surface area contributed by atoms with E-state index in [4.69, 9.17) is 21.1 Å². The standard InChI is InChI=1S/C25H21ClN2O3/c1-2-30-24-14-19(13-21(26)15-24)12-20(16-27)25(29)28-22-8-10-23(11-9-22)31-17-18-6-4-3-5-7-18/h3-15H,2,17H2,1H3,(H,28,29)/b20-12+. The second-order valence-electron chi connectivity index (χ2n) is 6.58. The van der Waals surface area contributed by atoms with Crippen LogP contribution in [0.4, 0.5) is 5.69 Å². The van der Waals surface area contributed by atoms with Crippen molar-refractivity contribution in [2.45, 2.75) is 13.5 Å². The molecule has 0 aliphatic rings. The predicted molar refractivity (Wildman–Crippen MR) is 122 cm³/mol. The minimum atomic E-state index is -0.515. The maximum Gasteiger partial charge on any atom is 0.266 e. The Labute approximate surface area is 186 Å². The summed E-state index contributed by atoms with van der Waals surface area (Å²) in [5, 5.41) is 12.6. The number of rotatable bonds is 8. The third kappa shape index (κ3) is 6.63. The number of hydrogen-bond donors (Lipinski definition) is 1. The minimum Gasteiger partial charge on any atom is -0.494 e. The van der Waals surface area contributed by atoms with E-state index in [9.17, 15) is 10.1 Å². The Bertz CT molecular complexity index is 1100. The normalized spacial score (nSPS) is 10.8. The highest BCUT2D eigenvalue weighted by atomic mass is 35.5. The van der Waals surface area contributed by atoms with Gasteiger partial charge in [-0.1, -0.05) is 41.9 Å². The van der Waals surface area contributed by atoms with Crippen LogP contribution in [0.15, 0.2) is 78.4 Å². The van der Waals surface area contributed by atoms with Gasteiger partial charge in [0.2, 0.25) is 0 Å². The van der Waals surface area contributed by atoms with Crippen molar-refractivity contribution in [1.82, 2.24) is 0 Å². The highest BCUT2D eigenvalue weighted by Crippen LogP contribution is 2.23. The quantitative estimate of drug-likeness (QED) is 0.357. The van der Waals surface area contributed by atoms with Crippen LogP contribution in [0.3, 0.4) is 0 Å². The smallest absolute Gasteiger partial charge is 0.266 e. The van der Waals surface area contributed by atoms with Crippen LogP contribution < -0.4 is 14.8 Å². The fourth-order valence-corrected chi connectivity index (χ4v) is 3.04. The SMILES string of the molecule is CCOc1cc(Cl)cc(/C=C(\C#N)C(=O)Nc2ccc(OCc3ccccc3)cc2)c1. The number of amides is 1. The van der Waals surface area contributed by atoms with Crippen LogP contribution in [-0.2, 0) is 11.4 Å². The third-order valence-corrected chi connectivity index (χ3v) is 4.46. The van der Waals surface area contributed by atoms with E-state index in [1.165, 1.54) is 6.08 Å². The molecule has 0 saturated heterocycles. The first-order valence-electron chi connectivity index (χ1n) is 9.70. The van der Waals surface area contributed by atoms with Crippen molar-refractivity contribution in [2.24, 2.45) is 0 Å². The topological polar surface area (TPSA) is 71.3 Å². The van der Waals surface area contributed by atoms with E-state index in [0.29, 0.717) is 41.0 Å². The molecule has 0 atom stereocenters. The van der Waals surface area contributed by atoms with Gasteiger partial charge in [0.15, 0.2) is 0 Å². The Kier molecular flexibility index (Phi) is 7.69. The van der Waals surface area contributed by atoms with Crippen LogP contribution in [0.2, 0.25) is 5.02 Å². The molecule has 1 N–H and O–H groups in total. The first-order valence-corrected chi connectivity index (χ1v) is 10.1. The Balaban J connectivity index is 1.65. The van der Waals surface area contributed by atoms with E-state index in [1.54, 1.807) is 42.5 Å². The van der Waals surface area contributed by atoms with Gasteiger partial charge in [-0.15, -0.1) is 0 Å².